The van der Waals surface area contributed by atoms with Gasteiger partial charge in [-0.1, -0.05) is 32.9 Å². The minimum absolute atomic E-state index is 0.122. The van der Waals surface area contributed by atoms with Gasteiger partial charge in [-0.3, -0.25) is 4.79 Å². The fraction of sp³-hybridized carbons (Fsp3) is 0.467. The number of carboxylic acid groups (broad SMARTS) is 1. The molecule has 1 aromatic carbocycles. The number of nitrogens with one attached hydrogen (secondary N) is 1. The summed E-state index contributed by atoms with van der Waals surface area (Å²) in [6, 6.07) is 5.29. The lowest BCUT2D eigenvalue weighted by atomic mass is 9.88. The van der Waals surface area contributed by atoms with E-state index in [1.54, 1.807) is 26.0 Å². The third-order valence-corrected chi connectivity index (χ3v) is 3.48. The van der Waals surface area contributed by atoms with Gasteiger partial charge < -0.3 is 15.5 Å². The minimum atomic E-state index is -1.07. The molecule has 5 heteroatoms. The van der Waals surface area contributed by atoms with E-state index < -0.39 is 17.4 Å². The quantitative estimate of drug-likeness (QED) is 0.742. The van der Waals surface area contributed by atoms with Crippen LogP contribution in [0, 0.1) is 5.41 Å². The lowest BCUT2D eigenvalue weighted by Crippen LogP contribution is -2.47. The van der Waals surface area contributed by atoms with Crippen LogP contribution < -0.4 is 5.32 Å². The molecule has 0 aliphatic rings. The molecule has 20 heavy (non-hydrogen) atoms. The van der Waals surface area contributed by atoms with E-state index in [2.05, 4.69) is 5.32 Å². The number of carboxylic acids is 1. The summed E-state index contributed by atoms with van der Waals surface area (Å²) in [6.45, 7) is 5.44. The molecule has 0 aliphatic heterocycles. The van der Waals surface area contributed by atoms with E-state index in [1.165, 1.54) is 12.1 Å². The van der Waals surface area contributed by atoms with Crippen LogP contribution in [0.4, 0.5) is 0 Å². The molecular weight excluding hydrogens is 258 g/mol. The predicted octanol–water partition coefficient (Wildman–Crippen LogP) is 1.94. The van der Waals surface area contributed by atoms with Gasteiger partial charge in [0, 0.05) is 11.8 Å². The number of phenols is 1. The summed E-state index contributed by atoms with van der Waals surface area (Å²) >= 11 is 0. The molecule has 1 amide bonds. The van der Waals surface area contributed by atoms with Crippen molar-refractivity contribution in [3.63, 3.8) is 0 Å². The van der Waals surface area contributed by atoms with Gasteiger partial charge in [0.05, 0.1) is 0 Å². The highest BCUT2D eigenvalue weighted by molar-refractivity contribution is 5.87. The van der Waals surface area contributed by atoms with Crippen molar-refractivity contribution in [2.45, 2.75) is 39.7 Å². The first-order valence-electron chi connectivity index (χ1n) is 6.58. The molecule has 1 unspecified atom stereocenters. The topological polar surface area (TPSA) is 86.6 Å². The lowest BCUT2D eigenvalue weighted by Gasteiger charge is -2.24. The number of hydrogen-bond acceptors (Lipinski definition) is 3. The third-order valence-electron chi connectivity index (χ3n) is 3.48. The molecule has 0 spiro atoms. The third kappa shape index (κ3) is 4.26. The number of carbonyl (C=O) groups is 2. The smallest absolute Gasteiger partial charge is 0.326 e. The average Bonchev–Trinajstić information content (AvgIpc) is 2.40. The van der Waals surface area contributed by atoms with Crippen LogP contribution in [0.15, 0.2) is 24.3 Å². The standard InChI is InChI=1S/C15H21NO4/c1-4-15(2,3)14(20)16-12(13(18)19)9-10-5-7-11(17)8-6-10/h5-8,12,17H,4,9H2,1-3H3,(H,16,20)(H,18,19). The van der Waals surface area contributed by atoms with Gasteiger partial charge in [-0.05, 0) is 24.1 Å². The number of rotatable bonds is 6. The molecular formula is C15H21NO4. The van der Waals surface area contributed by atoms with Gasteiger partial charge in [0.25, 0.3) is 0 Å². The van der Waals surface area contributed by atoms with Gasteiger partial charge in [0.15, 0.2) is 0 Å². The van der Waals surface area contributed by atoms with E-state index in [4.69, 9.17) is 0 Å². The van der Waals surface area contributed by atoms with Gasteiger partial charge >= 0.3 is 5.97 Å². The van der Waals surface area contributed by atoms with E-state index in [0.29, 0.717) is 6.42 Å². The van der Waals surface area contributed by atoms with Crippen LogP contribution in [0.3, 0.4) is 0 Å². The van der Waals surface area contributed by atoms with Crippen LogP contribution in [0.25, 0.3) is 0 Å². The number of aromatic hydroxyl groups is 1. The summed E-state index contributed by atoms with van der Waals surface area (Å²) in [7, 11) is 0. The van der Waals surface area contributed by atoms with E-state index in [-0.39, 0.29) is 18.1 Å². The summed E-state index contributed by atoms with van der Waals surface area (Å²) in [5.74, 6) is -1.22. The molecule has 0 fully saturated rings. The minimum Gasteiger partial charge on any atom is -0.508 e. The maximum Gasteiger partial charge on any atom is 0.326 e. The number of carbonyl (C=O) groups excluding carboxylic acids is 1. The molecule has 0 aromatic heterocycles. The maximum absolute atomic E-state index is 12.0. The van der Waals surface area contributed by atoms with Crippen molar-refractivity contribution in [2.75, 3.05) is 0 Å². The first-order chi connectivity index (χ1) is 9.26. The van der Waals surface area contributed by atoms with E-state index in [1.807, 2.05) is 6.92 Å². The van der Waals surface area contributed by atoms with Gasteiger partial charge in [-0.15, -0.1) is 0 Å². The molecule has 0 bridgehead atoms. The van der Waals surface area contributed by atoms with E-state index >= 15 is 0 Å². The highest BCUT2D eigenvalue weighted by Crippen LogP contribution is 2.20. The summed E-state index contributed by atoms with van der Waals surface area (Å²) in [5, 5.41) is 21.0. The normalized spacial score (nSPS) is 12.8. The van der Waals surface area contributed by atoms with E-state index in [0.717, 1.165) is 5.56 Å². The second-order valence-electron chi connectivity index (χ2n) is 5.47. The lowest BCUT2D eigenvalue weighted by molar-refractivity contribution is -0.143. The molecule has 110 valence electrons. The molecule has 5 nitrogen and oxygen atoms in total. The van der Waals surface area contributed by atoms with Gasteiger partial charge in [0.1, 0.15) is 11.8 Å². The summed E-state index contributed by atoms with van der Waals surface area (Å²) < 4.78 is 0. The van der Waals surface area contributed by atoms with Gasteiger partial charge in [-0.25, -0.2) is 4.79 Å². The van der Waals surface area contributed by atoms with Crippen LogP contribution in [-0.4, -0.2) is 28.1 Å². The number of benzene rings is 1. The van der Waals surface area contributed by atoms with E-state index in [9.17, 15) is 19.8 Å². The Kier molecular flexibility index (Phi) is 5.13. The second kappa shape index (κ2) is 6.41. The van der Waals surface area contributed by atoms with Gasteiger partial charge in [0.2, 0.25) is 5.91 Å². The van der Waals surface area contributed by atoms with Crippen molar-refractivity contribution in [1.82, 2.24) is 5.32 Å². The fourth-order valence-electron chi connectivity index (χ4n) is 1.58. The van der Waals surface area contributed by atoms with Crippen molar-refractivity contribution < 1.29 is 19.8 Å². The van der Waals surface area contributed by atoms with Crippen molar-refractivity contribution in [3.8, 4) is 5.75 Å². The monoisotopic (exact) mass is 279 g/mol. The van der Waals surface area contributed by atoms with Crippen LogP contribution in [-0.2, 0) is 16.0 Å². The Labute approximate surface area is 118 Å². The largest absolute Gasteiger partial charge is 0.508 e. The molecule has 1 atom stereocenters. The highest BCUT2D eigenvalue weighted by atomic mass is 16.4. The number of aliphatic carboxylic acids is 1. The van der Waals surface area contributed by atoms with Crippen molar-refractivity contribution in [3.05, 3.63) is 29.8 Å². The summed E-state index contributed by atoms with van der Waals surface area (Å²) in [6.07, 6.45) is 0.811. The number of amides is 1. The zero-order chi connectivity index (χ0) is 15.3. The molecule has 0 radical (unpaired) electrons. The Balaban J connectivity index is 2.78. The average molecular weight is 279 g/mol. The van der Waals surface area contributed by atoms with Crippen LogP contribution in [0.1, 0.15) is 32.8 Å². The Morgan fingerprint density at radius 3 is 2.25 bits per heavy atom. The molecule has 3 N–H and O–H groups in total. The summed E-state index contributed by atoms with van der Waals surface area (Å²) in [4.78, 5) is 23.3. The Morgan fingerprint density at radius 1 is 1.25 bits per heavy atom. The Morgan fingerprint density at radius 2 is 1.80 bits per heavy atom. The van der Waals surface area contributed by atoms with Gasteiger partial charge in [-0.2, -0.15) is 0 Å². The van der Waals surface area contributed by atoms with Crippen LogP contribution >= 0.6 is 0 Å². The zero-order valence-electron chi connectivity index (χ0n) is 12.0. The molecule has 1 rings (SSSR count). The molecule has 0 aliphatic carbocycles. The molecule has 0 saturated carbocycles. The molecule has 0 heterocycles. The van der Waals surface area contributed by atoms with Crippen molar-refractivity contribution in [1.29, 1.82) is 0 Å². The Hall–Kier alpha value is -2.04. The predicted molar refractivity (Wildman–Crippen MR) is 75.4 cm³/mol. The zero-order valence-corrected chi connectivity index (χ0v) is 12.0. The maximum atomic E-state index is 12.0. The highest BCUT2D eigenvalue weighted by Gasteiger charge is 2.29. The first-order valence-corrected chi connectivity index (χ1v) is 6.58. The van der Waals surface area contributed by atoms with Crippen LogP contribution in [0.5, 0.6) is 5.75 Å². The SMILES string of the molecule is CCC(C)(C)C(=O)NC(Cc1ccc(O)cc1)C(=O)O. The fourth-order valence-corrected chi connectivity index (χ4v) is 1.58. The molecule has 0 saturated heterocycles. The summed E-state index contributed by atoms with van der Waals surface area (Å²) in [5.41, 5.74) is 0.146. The number of hydrogen-bond donors (Lipinski definition) is 3. The second-order valence-corrected chi connectivity index (χ2v) is 5.47. The first kappa shape index (κ1) is 16.0. The van der Waals surface area contributed by atoms with Crippen molar-refractivity contribution in [2.24, 2.45) is 5.41 Å². The van der Waals surface area contributed by atoms with Crippen molar-refractivity contribution >= 4 is 11.9 Å². The Bertz CT molecular complexity index is 479. The number of phenolic OH excluding ortho intramolecular Hbond substituents is 1. The van der Waals surface area contributed by atoms with Crippen LogP contribution in [0.2, 0.25) is 0 Å². The molecule has 1 aromatic rings.